The summed E-state index contributed by atoms with van der Waals surface area (Å²) < 4.78 is 5.78. The Morgan fingerprint density at radius 2 is 1.66 bits per heavy atom. The molecule has 0 saturated heterocycles. The van der Waals surface area contributed by atoms with Gasteiger partial charge in [0.2, 0.25) is 5.91 Å². The number of carbonyl (C=O) groups excluding carboxylic acids is 2. The first kappa shape index (κ1) is 26.6. The summed E-state index contributed by atoms with van der Waals surface area (Å²) in [6.07, 6.45) is 0.348. The van der Waals surface area contributed by atoms with Crippen LogP contribution in [0.1, 0.15) is 30.5 Å². The molecule has 3 aromatic carbocycles. The van der Waals surface area contributed by atoms with Gasteiger partial charge in [-0.3, -0.25) is 9.59 Å². The molecule has 3 aromatic rings. The Labute approximate surface area is 217 Å². The molecule has 0 heterocycles. The van der Waals surface area contributed by atoms with E-state index in [4.69, 9.17) is 27.9 Å². The minimum absolute atomic E-state index is 0.0827. The molecule has 35 heavy (non-hydrogen) atoms. The van der Waals surface area contributed by atoms with Gasteiger partial charge in [0.25, 0.3) is 5.91 Å². The standard InChI is InChI=1S/C28H30Cl2N2O3/c1-19(2)31-28(34)26(15-21-7-5-4-6-8-21)32(17-22-11-12-23(29)16-25(22)30)27(33)18-35-24-13-9-20(3)10-14-24/h4-14,16,19,26H,15,17-18H2,1-3H3,(H,31,34)/t26-/m0/s1. The lowest BCUT2D eigenvalue weighted by Crippen LogP contribution is -2.52. The number of benzene rings is 3. The highest BCUT2D eigenvalue weighted by Gasteiger charge is 2.31. The second kappa shape index (κ2) is 12.6. The third-order valence-electron chi connectivity index (χ3n) is 5.44. The largest absolute Gasteiger partial charge is 0.484 e. The molecule has 0 aromatic heterocycles. The molecule has 0 aliphatic heterocycles. The van der Waals surface area contributed by atoms with Gasteiger partial charge in [0.05, 0.1) is 0 Å². The Morgan fingerprint density at radius 1 is 0.971 bits per heavy atom. The van der Waals surface area contributed by atoms with Gasteiger partial charge in [0.1, 0.15) is 11.8 Å². The van der Waals surface area contributed by atoms with Crippen LogP contribution in [-0.2, 0) is 22.6 Å². The molecule has 1 N–H and O–H groups in total. The first-order chi connectivity index (χ1) is 16.7. The lowest BCUT2D eigenvalue weighted by Gasteiger charge is -2.32. The molecule has 0 bridgehead atoms. The van der Waals surface area contributed by atoms with E-state index in [1.165, 1.54) is 4.90 Å². The first-order valence-corrected chi connectivity index (χ1v) is 12.3. The van der Waals surface area contributed by atoms with Crippen LogP contribution < -0.4 is 10.1 Å². The van der Waals surface area contributed by atoms with Gasteiger partial charge >= 0.3 is 0 Å². The normalized spacial score (nSPS) is 11.7. The van der Waals surface area contributed by atoms with Crippen molar-refractivity contribution in [1.82, 2.24) is 10.2 Å². The average Bonchev–Trinajstić information content (AvgIpc) is 2.82. The second-order valence-corrected chi connectivity index (χ2v) is 9.57. The van der Waals surface area contributed by atoms with E-state index in [0.717, 1.165) is 11.1 Å². The highest BCUT2D eigenvalue weighted by atomic mass is 35.5. The Bertz CT molecular complexity index is 1130. The van der Waals surface area contributed by atoms with Gasteiger partial charge in [-0.05, 0) is 56.2 Å². The van der Waals surface area contributed by atoms with Crippen molar-refractivity contribution in [3.05, 3.63) is 99.5 Å². The summed E-state index contributed by atoms with van der Waals surface area (Å²) in [6, 6.07) is 21.4. The molecule has 0 fully saturated rings. The fourth-order valence-electron chi connectivity index (χ4n) is 3.63. The number of amides is 2. The third kappa shape index (κ3) is 8.01. The summed E-state index contributed by atoms with van der Waals surface area (Å²) in [7, 11) is 0. The van der Waals surface area contributed by atoms with Crippen molar-refractivity contribution in [1.29, 1.82) is 0 Å². The highest BCUT2D eigenvalue weighted by molar-refractivity contribution is 6.35. The van der Waals surface area contributed by atoms with Crippen molar-refractivity contribution in [2.75, 3.05) is 6.61 Å². The van der Waals surface area contributed by atoms with Crippen molar-refractivity contribution in [3.63, 3.8) is 0 Å². The molecule has 0 aliphatic rings. The zero-order valence-corrected chi connectivity index (χ0v) is 21.6. The summed E-state index contributed by atoms with van der Waals surface area (Å²) >= 11 is 12.5. The minimum atomic E-state index is -0.763. The van der Waals surface area contributed by atoms with Gasteiger partial charge in [0, 0.05) is 29.1 Å². The Balaban J connectivity index is 1.93. The van der Waals surface area contributed by atoms with Gasteiger partial charge in [-0.1, -0.05) is 77.3 Å². The SMILES string of the molecule is Cc1ccc(OCC(=O)N(Cc2ccc(Cl)cc2Cl)[C@@H](Cc2ccccc2)C(=O)NC(C)C)cc1. The van der Waals surface area contributed by atoms with Gasteiger partial charge in [-0.2, -0.15) is 0 Å². The number of halogens is 2. The Kier molecular flexibility index (Phi) is 9.58. The number of hydrogen-bond donors (Lipinski definition) is 1. The number of ether oxygens (including phenoxy) is 1. The smallest absolute Gasteiger partial charge is 0.261 e. The van der Waals surface area contributed by atoms with Crippen LogP contribution in [0.5, 0.6) is 5.75 Å². The summed E-state index contributed by atoms with van der Waals surface area (Å²) in [6.45, 7) is 5.68. The highest BCUT2D eigenvalue weighted by Crippen LogP contribution is 2.24. The maximum absolute atomic E-state index is 13.5. The zero-order valence-electron chi connectivity index (χ0n) is 20.1. The molecular weight excluding hydrogens is 483 g/mol. The van der Waals surface area contributed by atoms with Crippen LogP contribution in [0.2, 0.25) is 10.0 Å². The molecule has 5 nitrogen and oxygen atoms in total. The van der Waals surface area contributed by atoms with E-state index in [1.807, 2.05) is 75.4 Å². The number of hydrogen-bond acceptors (Lipinski definition) is 3. The van der Waals surface area contributed by atoms with Gasteiger partial charge in [0.15, 0.2) is 6.61 Å². The van der Waals surface area contributed by atoms with E-state index < -0.39 is 6.04 Å². The third-order valence-corrected chi connectivity index (χ3v) is 6.03. The summed E-state index contributed by atoms with van der Waals surface area (Å²) in [5.74, 6) is 0.0220. The van der Waals surface area contributed by atoms with Crippen molar-refractivity contribution >= 4 is 35.0 Å². The second-order valence-electron chi connectivity index (χ2n) is 8.73. The molecular formula is C28H30Cl2N2O3. The predicted octanol–water partition coefficient (Wildman–Crippen LogP) is 5.85. The van der Waals surface area contributed by atoms with Gasteiger partial charge in [-0.25, -0.2) is 0 Å². The fourth-order valence-corrected chi connectivity index (χ4v) is 4.10. The molecule has 2 amide bonds. The van der Waals surface area contributed by atoms with E-state index in [-0.39, 0.29) is 31.0 Å². The van der Waals surface area contributed by atoms with Crippen molar-refractivity contribution in [2.24, 2.45) is 0 Å². The van der Waals surface area contributed by atoms with E-state index in [0.29, 0.717) is 27.8 Å². The maximum atomic E-state index is 13.5. The van der Waals surface area contributed by atoms with Crippen molar-refractivity contribution in [2.45, 2.75) is 45.8 Å². The van der Waals surface area contributed by atoms with Gasteiger partial charge < -0.3 is 15.0 Å². The van der Waals surface area contributed by atoms with Crippen LogP contribution in [0, 0.1) is 6.92 Å². The number of rotatable bonds is 10. The first-order valence-electron chi connectivity index (χ1n) is 11.5. The number of nitrogens with one attached hydrogen (secondary N) is 1. The predicted molar refractivity (Wildman–Crippen MR) is 141 cm³/mol. The lowest BCUT2D eigenvalue weighted by molar-refractivity contribution is -0.143. The van der Waals surface area contributed by atoms with E-state index in [2.05, 4.69) is 5.32 Å². The molecule has 0 spiro atoms. The van der Waals surface area contributed by atoms with Gasteiger partial charge in [-0.15, -0.1) is 0 Å². The molecule has 184 valence electrons. The van der Waals surface area contributed by atoms with Crippen LogP contribution in [0.3, 0.4) is 0 Å². The van der Waals surface area contributed by atoms with Crippen molar-refractivity contribution in [3.8, 4) is 5.75 Å². The maximum Gasteiger partial charge on any atom is 0.261 e. The van der Waals surface area contributed by atoms with Crippen LogP contribution in [0.25, 0.3) is 0 Å². The zero-order chi connectivity index (χ0) is 25.4. The van der Waals surface area contributed by atoms with E-state index >= 15 is 0 Å². The lowest BCUT2D eigenvalue weighted by atomic mass is 10.0. The molecule has 0 unspecified atom stereocenters. The summed E-state index contributed by atoms with van der Waals surface area (Å²) in [5, 5.41) is 3.89. The minimum Gasteiger partial charge on any atom is -0.484 e. The Hall–Kier alpha value is -3.02. The number of nitrogens with zero attached hydrogens (tertiary/aromatic N) is 1. The molecule has 7 heteroatoms. The number of carbonyl (C=O) groups is 2. The van der Waals surface area contributed by atoms with Crippen LogP contribution in [0.15, 0.2) is 72.8 Å². The average molecular weight is 513 g/mol. The Morgan fingerprint density at radius 3 is 2.29 bits per heavy atom. The number of aryl methyl sites for hydroxylation is 1. The van der Waals surface area contributed by atoms with Crippen LogP contribution >= 0.6 is 23.2 Å². The topological polar surface area (TPSA) is 58.6 Å². The monoisotopic (exact) mass is 512 g/mol. The van der Waals surface area contributed by atoms with E-state index in [9.17, 15) is 9.59 Å². The molecule has 0 aliphatic carbocycles. The molecule has 3 rings (SSSR count). The fraction of sp³-hybridized carbons (Fsp3) is 0.286. The van der Waals surface area contributed by atoms with Crippen molar-refractivity contribution < 1.29 is 14.3 Å². The summed E-state index contributed by atoms with van der Waals surface area (Å²) in [5.41, 5.74) is 2.72. The van der Waals surface area contributed by atoms with Crippen LogP contribution in [-0.4, -0.2) is 35.4 Å². The molecule has 0 radical (unpaired) electrons. The molecule has 0 saturated carbocycles. The quantitative estimate of drug-likeness (QED) is 0.370. The van der Waals surface area contributed by atoms with E-state index in [1.54, 1.807) is 18.2 Å². The molecule has 1 atom stereocenters. The summed E-state index contributed by atoms with van der Waals surface area (Å²) in [4.78, 5) is 28.4. The van der Waals surface area contributed by atoms with Crippen LogP contribution in [0.4, 0.5) is 0 Å².